The van der Waals surface area contributed by atoms with Crippen LogP contribution in [0, 0.1) is 17.3 Å². The van der Waals surface area contributed by atoms with E-state index in [4.69, 9.17) is 16.7 Å². The van der Waals surface area contributed by atoms with Crippen LogP contribution in [0.15, 0.2) is 18.2 Å². The largest absolute Gasteiger partial charge is 0.385 e. The zero-order chi connectivity index (χ0) is 27.7. The second kappa shape index (κ2) is 18.5. The lowest BCUT2D eigenvalue weighted by Gasteiger charge is -2.30. The lowest BCUT2D eigenvalue weighted by atomic mass is 9.90. The fourth-order valence-electron chi connectivity index (χ4n) is 3.99. The molecule has 1 saturated carbocycles. The van der Waals surface area contributed by atoms with Crippen molar-refractivity contribution in [2.75, 3.05) is 46.1 Å². The molecular weight excluding hydrogens is 495 g/mol. The van der Waals surface area contributed by atoms with Crippen molar-refractivity contribution in [1.82, 2.24) is 10.2 Å². The van der Waals surface area contributed by atoms with E-state index in [-0.39, 0.29) is 5.92 Å². The van der Waals surface area contributed by atoms with Crippen LogP contribution in [0.25, 0.3) is 0 Å². The SMILES string of the molecule is CC(C)C(O)C=O.CN1CCC2(CC1)CC2CCCNc1ccc(C=O)c(Cl)c1.CNC.FC(F)F. The van der Waals surface area contributed by atoms with Gasteiger partial charge >= 0.3 is 6.68 Å². The first kappa shape index (κ1) is 34.3. The number of carbonyl (C=O) groups excluding carboxylic acids is 2. The second-order valence-corrected chi connectivity index (χ2v) is 10.0. The van der Waals surface area contributed by atoms with Crippen molar-refractivity contribution in [2.45, 2.75) is 58.7 Å². The maximum Gasteiger partial charge on any atom is 0.379 e. The molecule has 1 aliphatic carbocycles. The van der Waals surface area contributed by atoms with Crippen LogP contribution in [-0.4, -0.2) is 76.1 Å². The van der Waals surface area contributed by atoms with Crippen LogP contribution in [0.1, 0.15) is 56.3 Å². The fraction of sp³-hybridized carbons (Fsp3) is 0.692. The number of benzene rings is 1. The average molecular weight is 538 g/mol. The van der Waals surface area contributed by atoms with E-state index in [1.807, 2.05) is 26.2 Å². The molecule has 0 bridgehead atoms. The van der Waals surface area contributed by atoms with Gasteiger partial charge in [-0.25, -0.2) is 0 Å². The number of aldehydes is 2. The number of nitrogens with zero attached hydrogens (tertiary/aromatic N) is 1. The third-order valence-electron chi connectivity index (χ3n) is 6.35. The van der Waals surface area contributed by atoms with Gasteiger partial charge in [-0.2, -0.15) is 13.2 Å². The zero-order valence-electron chi connectivity index (χ0n) is 22.1. The van der Waals surface area contributed by atoms with Crippen molar-refractivity contribution >= 4 is 29.9 Å². The van der Waals surface area contributed by atoms with Gasteiger partial charge in [0.2, 0.25) is 0 Å². The van der Waals surface area contributed by atoms with Crippen molar-refractivity contribution in [3.05, 3.63) is 28.8 Å². The number of alkyl halides is 3. The van der Waals surface area contributed by atoms with E-state index in [1.165, 1.54) is 45.2 Å². The van der Waals surface area contributed by atoms with E-state index < -0.39 is 12.8 Å². The molecule has 36 heavy (non-hydrogen) atoms. The van der Waals surface area contributed by atoms with Crippen molar-refractivity contribution < 1.29 is 27.9 Å². The van der Waals surface area contributed by atoms with Gasteiger partial charge < -0.3 is 25.4 Å². The Morgan fingerprint density at radius 2 is 1.75 bits per heavy atom. The Labute approximate surface area is 219 Å². The van der Waals surface area contributed by atoms with Crippen LogP contribution in [-0.2, 0) is 4.79 Å². The minimum atomic E-state index is -3.67. The molecule has 1 aromatic rings. The van der Waals surface area contributed by atoms with E-state index >= 15 is 0 Å². The molecule has 208 valence electrons. The predicted molar refractivity (Wildman–Crippen MR) is 141 cm³/mol. The summed E-state index contributed by atoms with van der Waals surface area (Å²) < 4.78 is 29.0. The molecule has 2 fully saturated rings. The number of aliphatic hydroxyl groups is 1. The highest BCUT2D eigenvalue weighted by molar-refractivity contribution is 6.33. The third-order valence-corrected chi connectivity index (χ3v) is 6.68. The summed E-state index contributed by atoms with van der Waals surface area (Å²) in [5.41, 5.74) is 2.25. The fourth-order valence-corrected chi connectivity index (χ4v) is 4.21. The van der Waals surface area contributed by atoms with E-state index in [0.29, 0.717) is 22.3 Å². The zero-order valence-corrected chi connectivity index (χ0v) is 22.8. The monoisotopic (exact) mass is 537 g/mol. The summed E-state index contributed by atoms with van der Waals surface area (Å²) in [6, 6.07) is 5.53. The highest BCUT2D eigenvalue weighted by Gasteiger charge is 2.53. The van der Waals surface area contributed by atoms with Crippen molar-refractivity contribution in [1.29, 1.82) is 0 Å². The number of nitrogens with one attached hydrogen (secondary N) is 2. The Morgan fingerprint density at radius 3 is 2.17 bits per heavy atom. The summed E-state index contributed by atoms with van der Waals surface area (Å²) in [6.07, 6.45) is 7.33. The Morgan fingerprint density at radius 1 is 1.19 bits per heavy atom. The molecule has 1 spiro atoms. The van der Waals surface area contributed by atoms with Crippen molar-refractivity contribution in [2.24, 2.45) is 17.3 Å². The molecule has 10 heteroatoms. The first-order valence-electron chi connectivity index (χ1n) is 12.3. The lowest BCUT2D eigenvalue weighted by Crippen LogP contribution is -2.31. The van der Waals surface area contributed by atoms with Crippen LogP contribution in [0.3, 0.4) is 0 Å². The molecule has 2 aliphatic rings. The summed E-state index contributed by atoms with van der Waals surface area (Å²) >= 11 is 6.04. The number of carbonyl (C=O) groups is 2. The second-order valence-electron chi connectivity index (χ2n) is 9.61. The molecule has 1 heterocycles. The third kappa shape index (κ3) is 14.2. The first-order valence-corrected chi connectivity index (χ1v) is 12.6. The molecule has 6 nitrogen and oxygen atoms in total. The number of rotatable bonds is 8. The van der Waals surface area contributed by atoms with Crippen LogP contribution in [0.4, 0.5) is 18.9 Å². The van der Waals surface area contributed by atoms with E-state index in [2.05, 4.69) is 22.6 Å². The minimum absolute atomic E-state index is 0.0532. The molecule has 1 aliphatic heterocycles. The minimum Gasteiger partial charge on any atom is -0.385 e. The van der Waals surface area contributed by atoms with Crippen molar-refractivity contribution in [3.63, 3.8) is 0 Å². The Hall–Kier alpha value is -1.68. The molecule has 3 rings (SSSR count). The van der Waals surface area contributed by atoms with Gasteiger partial charge in [0.15, 0.2) is 6.29 Å². The molecule has 1 aromatic carbocycles. The number of likely N-dealkylation sites (tertiary alicyclic amines) is 1. The predicted octanol–water partition coefficient (Wildman–Crippen LogP) is 5.29. The van der Waals surface area contributed by atoms with Gasteiger partial charge in [-0.1, -0.05) is 25.4 Å². The molecule has 3 N–H and O–H groups in total. The van der Waals surface area contributed by atoms with Crippen LogP contribution in [0.5, 0.6) is 0 Å². The van der Waals surface area contributed by atoms with Gasteiger partial charge in [-0.3, -0.25) is 4.79 Å². The van der Waals surface area contributed by atoms with E-state index in [1.54, 1.807) is 19.9 Å². The van der Waals surface area contributed by atoms with Crippen LogP contribution >= 0.6 is 11.6 Å². The first-order chi connectivity index (χ1) is 17.0. The number of halogens is 4. The average Bonchev–Trinajstić information content (AvgIpc) is 3.50. The van der Waals surface area contributed by atoms with E-state index in [0.717, 1.165) is 24.4 Å². The maximum atomic E-state index is 10.7. The van der Waals surface area contributed by atoms with Gasteiger partial charge in [0.1, 0.15) is 12.4 Å². The highest BCUT2D eigenvalue weighted by atomic mass is 35.5. The van der Waals surface area contributed by atoms with Gasteiger partial charge in [-0.15, -0.1) is 0 Å². The summed E-state index contributed by atoms with van der Waals surface area (Å²) in [5, 5.41) is 15.2. The number of aliphatic hydroxyl groups excluding tert-OH is 1. The Bertz CT molecular complexity index is 746. The molecule has 2 unspecified atom stereocenters. The quantitative estimate of drug-likeness (QED) is 0.309. The molecular formula is C26H43ClF3N3O3. The van der Waals surface area contributed by atoms with Crippen molar-refractivity contribution in [3.8, 4) is 0 Å². The number of hydrogen-bond acceptors (Lipinski definition) is 6. The molecule has 1 saturated heterocycles. The van der Waals surface area contributed by atoms with Crippen LogP contribution < -0.4 is 10.6 Å². The van der Waals surface area contributed by atoms with Gasteiger partial charge in [0.05, 0.1) is 5.02 Å². The molecule has 0 amide bonds. The number of anilines is 1. The Kier molecular flexibility index (Phi) is 17.7. The lowest BCUT2D eigenvalue weighted by molar-refractivity contribution is -0.116. The normalized spacial score (nSPS) is 18.6. The van der Waals surface area contributed by atoms with Gasteiger partial charge in [-0.05, 0) is 102 Å². The summed E-state index contributed by atoms with van der Waals surface area (Å²) in [4.78, 5) is 22.9. The summed E-state index contributed by atoms with van der Waals surface area (Å²) in [7, 11) is 5.98. The number of piperidine rings is 1. The number of hydrogen-bond donors (Lipinski definition) is 3. The molecule has 2 atom stereocenters. The van der Waals surface area contributed by atoms with Gasteiger partial charge in [0, 0.05) is 17.8 Å². The molecule has 0 aromatic heterocycles. The topological polar surface area (TPSA) is 81.7 Å². The smallest absolute Gasteiger partial charge is 0.379 e. The van der Waals surface area contributed by atoms with Gasteiger partial charge in [0.25, 0.3) is 0 Å². The van der Waals surface area contributed by atoms with Crippen LogP contribution in [0.2, 0.25) is 5.02 Å². The summed E-state index contributed by atoms with van der Waals surface area (Å²) in [6.45, 7) is 3.44. The highest BCUT2D eigenvalue weighted by Crippen LogP contribution is 2.61. The summed E-state index contributed by atoms with van der Waals surface area (Å²) in [5.74, 6) is 1.00. The van der Waals surface area contributed by atoms with E-state index in [9.17, 15) is 22.8 Å². The maximum absolute atomic E-state index is 10.7. The molecule has 0 radical (unpaired) electrons. The standard InChI is InChI=1S/C18H25ClN2O.C5H10O2.C2H7N.CHF3/c1-21-9-6-18(7-10-21)12-15(18)3-2-8-20-16-5-4-14(13-22)17(19)11-16;1-4(2)5(7)3-6;1-3-2;2-1(3)4/h4-5,11,13,15,20H,2-3,6-10,12H2,1H3;3-5,7H,1-2H3;3H,1-2H3;1H. The Balaban J connectivity index is 0.000000726.